The first-order chi connectivity index (χ1) is 20.5. The molecule has 0 radical (unpaired) electrons. The average molecular weight is 604 g/mol. The van der Waals surface area contributed by atoms with E-state index in [9.17, 15) is 23.2 Å². The standard InChI is InChI=1S/C32H28ClF2N5O3/c1-19(13-36)22(14-37-3)9-7-21-8-10-28-25(11-21)26(20(2)41)17-39(28)18-30(42)40-16-24(34)12-29(40)32(43)38-15-23-5-4-6-27(33)31(23)35/h4-6,8,10-11,14,17,24,29,37H,1,12,15-16,18H2,2-3H3,(H,38,43)/b22-14-/t24-,29+/m1/s1. The van der Waals surface area contributed by atoms with Crippen LogP contribution in [0.2, 0.25) is 5.02 Å². The molecule has 2 aromatic carbocycles. The molecule has 1 aromatic heterocycles. The van der Waals surface area contributed by atoms with Crippen molar-refractivity contribution in [3.63, 3.8) is 0 Å². The van der Waals surface area contributed by atoms with Crippen molar-refractivity contribution in [3.8, 4) is 17.9 Å². The van der Waals surface area contributed by atoms with E-state index in [1.807, 2.05) is 6.07 Å². The van der Waals surface area contributed by atoms with Crippen LogP contribution in [0.25, 0.3) is 10.9 Å². The molecule has 1 aliphatic heterocycles. The number of ketones is 1. The number of nitriles is 1. The van der Waals surface area contributed by atoms with E-state index in [0.29, 0.717) is 27.6 Å². The van der Waals surface area contributed by atoms with Gasteiger partial charge in [-0.05, 0) is 31.2 Å². The molecule has 3 aromatic rings. The lowest BCUT2D eigenvalue weighted by Gasteiger charge is -2.24. The largest absolute Gasteiger partial charge is 0.393 e. The van der Waals surface area contributed by atoms with Crippen molar-refractivity contribution in [1.82, 2.24) is 20.1 Å². The maximum absolute atomic E-state index is 14.5. The van der Waals surface area contributed by atoms with Gasteiger partial charge < -0.3 is 20.1 Å². The second-order valence-electron chi connectivity index (χ2n) is 9.97. The molecule has 8 nitrogen and oxygen atoms in total. The number of hydrogen-bond donors (Lipinski definition) is 2. The Hall–Kier alpha value is -4.93. The Labute approximate surface area is 252 Å². The number of nitrogens with one attached hydrogen (secondary N) is 2. The van der Waals surface area contributed by atoms with Crippen LogP contribution in [0.4, 0.5) is 8.78 Å². The predicted octanol–water partition coefficient (Wildman–Crippen LogP) is 4.43. The van der Waals surface area contributed by atoms with Gasteiger partial charge in [0.2, 0.25) is 11.8 Å². The summed E-state index contributed by atoms with van der Waals surface area (Å²) < 4.78 is 30.3. The van der Waals surface area contributed by atoms with E-state index in [1.165, 1.54) is 24.0 Å². The second kappa shape index (κ2) is 13.4. The number of fused-ring (bicyclic) bond motifs is 1. The van der Waals surface area contributed by atoms with Gasteiger partial charge in [-0.25, -0.2) is 8.78 Å². The Bertz CT molecular complexity index is 1760. The summed E-state index contributed by atoms with van der Waals surface area (Å²) in [4.78, 5) is 40.0. The number of carbonyl (C=O) groups excluding carboxylic acids is 3. The molecule has 2 amide bonds. The van der Waals surface area contributed by atoms with Gasteiger partial charge in [-0.15, -0.1) is 0 Å². The van der Waals surface area contributed by atoms with Gasteiger partial charge in [0.25, 0.3) is 0 Å². The molecule has 1 saturated heterocycles. The first-order valence-corrected chi connectivity index (χ1v) is 13.7. The average Bonchev–Trinajstić information content (AvgIpc) is 3.55. The third-order valence-electron chi connectivity index (χ3n) is 7.01. The maximum atomic E-state index is 14.5. The molecule has 43 heavy (non-hydrogen) atoms. The molecule has 2 N–H and O–H groups in total. The fourth-order valence-electron chi connectivity index (χ4n) is 4.86. The van der Waals surface area contributed by atoms with Crippen LogP contribution in [0.1, 0.15) is 34.8 Å². The molecule has 11 heteroatoms. The van der Waals surface area contributed by atoms with Crippen molar-refractivity contribution >= 4 is 40.1 Å². The van der Waals surface area contributed by atoms with E-state index in [2.05, 4.69) is 29.1 Å². The highest BCUT2D eigenvalue weighted by atomic mass is 35.5. The molecule has 4 rings (SSSR count). The molecule has 0 spiro atoms. The first-order valence-electron chi connectivity index (χ1n) is 13.3. The lowest BCUT2D eigenvalue weighted by Crippen LogP contribution is -2.46. The van der Waals surface area contributed by atoms with E-state index in [1.54, 1.807) is 48.3 Å². The minimum Gasteiger partial charge on any atom is -0.393 e. The minimum atomic E-state index is -1.41. The third-order valence-corrected chi connectivity index (χ3v) is 7.31. The summed E-state index contributed by atoms with van der Waals surface area (Å²) in [6, 6.07) is 10.4. The number of nitrogens with zero attached hydrogens (tertiary/aromatic N) is 3. The number of aromatic nitrogens is 1. The van der Waals surface area contributed by atoms with Crippen molar-refractivity contribution in [2.24, 2.45) is 0 Å². The van der Waals surface area contributed by atoms with Crippen LogP contribution in [0.3, 0.4) is 0 Å². The van der Waals surface area contributed by atoms with Crippen molar-refractivity contribution in [2.75, 3.05) is 13.6 Å². The first kappa shape index (κ1) is 31.0. The number of carbonyl (C=O) groups is 3. The van der Waals surface area contributed by atoms with Gasteiger partial charge in [0, 0.05) is 60.0 Å². The second-order valence-corrected chi connectivity index (χ2v) is 10.4. The van der Waals surface area contributed by atoms with Crippen molar-refractivity contribution in [2.45, 2.75) is 38.6 Å². The summed E-state index contributed by atoms with van der Waals surface area (Å²) in [5.41, 5.74) is 2.27. The summed E-state index contributed by atoms with van der Waals surface area (Å²) in [6.07, 6.45) is 1.51. The highest BCUT2D eigenvalue weighted by molar-refractivity contribution is 6.30. The summed E-state index contributed by atoms with van der Waals surface area (Å²) >= 11 is 5.81. The summed E-state index contributed by atoms with van der Waals surface area (Å²) in [7, 11) is 1.67. The van der Waals surface area contributed by atoms with Crippen LogP contribution >= 0.6 is 11.6 Å². The van der Waals surface area contributed by atoms with Crippen LogP contribution in [-0.4, -0.2) is 52.9 Å². The van der Waals surface area contributed by atoms with Crippen LogP contribution in [0.5, 0.6) is 0 Å². The smallest absolute Gasteiger partial charge is 0.243 e. The fourth-order valence-corrected chi connectivity index (χ4v) is 5.05. The molecule has 220 valence electrons. The van der Waals surface area contributed by atoms with Gasteiger partial charge >= 0.3 is 0 Å². The number of alkyl halides is 1. The zero-order valence-electron chi connectivity index (χ0n) is 23.5. The molecule has 2 heterocycles. The van der Waals surface area contributed by atoms with E-state index >= 15 is 0 Å². The Balaban J connectivity index is 1.56. The lowest BCUT2D eigenvalue weighted by atomic mass is 10.1. The summed E-state index contributed by atoms with van der Waals surface area (Å²) in [6.45, 7) is 4.40. The van der Waals surface area contributed by atoms with Gasteiger partial charge in [-0.2, -0.15) is 5.26 Å². The monoisotopic (exact) mass is 603 g/mol. The maximum Gasteiger partial charge on any atom is 0.243 e. The number of amides is 2. The SMILES string of the molecule is C=C(C#N)/C(C#Cc1ccc2c(c1)c(C(C)=O)cn2CC(=O)N1C[C@H](F)C[C@H]1C(=O)NCc1cccc(Cl)c1F)=C\NC. The third kappa shape index (κ3) is 6.94. The van der Waals surface area contributed by atoms with Gasteiger partial charge in [-0.3, -0.25) is 14.4 Å². The molecule has 0 bridgehead atoms. The Morgan fingerprint density at radius 1 is 1.26 bits per heavy atom. The number of halogens is 3. The fraction of sp³-hybridized carbons (Fsp3) is 0.250. The van der Waals surface area contributed by atoms with Crippen molar-refractivity contribution in [1.29, 1.82) is 5.26 Å². The highest BCUT2D eigenvalue weighted by Crippen LogP contribution is 2.26. The lowest BCUT2D eigenvalue weighted by molar-refractivity contribution is -0.139. The molecule has 0 unspecified atom stereocenters. The van der Waals surface area contributed by atoms with Crippen LogP contribution in [0.15, 0.2) is 66.5 Å². The molecule has 0 saturated carbocycles. The molecular weight excluding hydrogens is 576 g/mol. The van der Waals surface area contributed by atoms with Crippen molar-refractivity contribution < 1.29 is 23.2 Å². The minimum absolute atomic E-state index is 0.0865. The molecule has 1 aliphatic rings. The van der Waals surface area contributed by atoms with E-state index in [4.69, 9.17) is 16.9 Å². The number of benzene rings is 2. The van der Waals surface area contributed by atoms with Gasteiger partial charge in [0.1, 0.15) is 24.6 Å². The number of allylic oxidation sites excluding steroid dienone is 2. The number of likely N-dealkylation sites (tertiary alicyclic amines) is 1. The van der Waals surface area contributed by atoms with Crippen LogP contribution in [0, 0.1) is 29.0 Å². The van der Waals surface area contributed by atoms with Crippen molar-refractivity contribution in [3.05, 3.63) is 94.1 Å². The number of rotatable bonds is 8. The Morgan fingerprint density at radius 2 is 2.02 bits per heavy atom. The van der Waals surface area contributed by atoms with E-state index in [-0.39, 0.29) is 48.0 Å². The Kier molecular flexibility index (Phi) is 9.64. The van der Waals surface area contributed by atoms with Gasteiger partial charge in [-0.1, -0.05) is 42.2 Å². The molecule has 1 fully saturated rings. The molecule has 2 atom stereocenters. The molecule has 0 aliphatic carbocycles. The predicted molar refractivity (Wildman–Crippen MR) is 159 cm³/mol. The summed E-state index contributed by atoms with van der Waals surface area (Å²) in [5, 5.41) is 15.0. The zero-order valence-corrected chi connectivity index (χ0v) is 24.3. The topological polar surface area (TPSA) is 107 Å². The zero-order chi connectivity index (χ0) is 31.3. The normalized spacial score (nSPS) is 16.3. The highest BCUT2D eigenvalue weighted by Gasteiger charge is 2.39. The van der Waals surface area contributed by atoms with Crippen LogP contribution < -0.4 is 10.6 Å². The van der Waals surface area contributed by atoms with E-state index in [0.717, 1.165) is 0 Å². The number of hydrogen-bond acceptors (Lipinski definition) is 5. The Morgan fingerprint density at radius 3 is 2.72 bits per heavy atom. The van der Waals surface area contributed by atoms with Gasteiger partial charge in [0.15, 0.2) is 5.78 Å². The molecular formula is C32H28ClF2N5O3. The summed E-state index contributed by atoms with van der Waals surface area (Å²) in [5.74, 6) is 3.85. The number of Topliss-reactive ketones (excluding diaryl/α,β-unsaturated/α-hetero) is 1. The van der Waals surface area contributed by atoms with Gasteiger partial charge in [0.05, 0.1) is 28.8 Å². The van der Waals surface area contributed by atoms with Crippen LogP contribution in [-0.2, 0) is 22.7 Å². The van der Waals surface area contributed by atoms with E-state index < -0.39 is 29.8 Å². The quantitative estimate of drug-likeness (QED) is 0.172.